The largest absolute Gasteiger partial charge is 0.364 e. The number of carbonyl (C=O) groups is 1. The Balaban J connectivity index is 1.73. The van der Waals surface area contributed by atoms with E-state index in [1.807, 2.05) is 31.2 Å². The standard InChI is InChI=1S/C13H15N3O2/c1-10-2-4-11(5-3-10)15-13(17)9-14-8-12-6-7-18-16-12/h2-7,14H,8-9H2,1H3,(H,15,17). The van der Waals surface area contributed by atoms with Crippen molar-refractivity contribution in [3.8, 4) is 0 Å². The van der Waals surface area contributed by atoms with Crippen LogP contribution < -0.4 is 10.6 Å². The highest BCUT2D eigenvalue weighted by Crippen LogP contribution is 2.07. The summed E-state index contributed by atoms with van der Waals surface area (Å²) in [6.45, 7) is 2.75. The van der Waals surface area contributed by atoms with E-state index in [1.165, 1.54) is 6.26 Å². The predicted octanol–water partition coefficient (Wildman–Crippen LogP) is 1.71. The van der Waals surface area contributed by atoms with Gasteiger partial charge in [0.1, 0.15) is 6.26 Å². The van der Waals surface area contributed by atoms with Crippen molar-refractivity contribution in [2.75, 3.05) is 11.9 Å². The summed E-state index contributed by atoms with van der Waals surface area (Å²) in [5.41, 5.74) is 2.74. The van der Waals surface area contributed by atoms with Crippen LogP contribution in [0, 0.1) is 6.92 Å². The number of nitrogens with one attached hydrogen (secondary N) is 2. The van der Waals surface area contributed by atoms with Crippen molar-refractivity contribution in [2.24, 2.45) is 0 Å². The lowest BCUT2D eigenvalue weighted by atomic mass is 10.2. The van der Waals surface area contributed by atoms with Gasteiger partial charge in [0, 0.05) is 18.3 Å². The zero-order valence-electron chi connectivity index (χ0n) is 10.1. The molecule has 0 aliphatic rings. The highest BCUT2D eigenvalue weighted by atomic mass is 16.5. The van der Waals surface area contributed by atoms with E-state index in [-0.39, 0.29) is 12.5 Å². The van der Waals surface area contributed by atoms with Gasteiger partial charge in [0.2, 0.25) is 5.91 Å². The minimum Gasteiger partial charge on any atom is -0.364 e. The molecule has 0 spiro atoms. The Morgan fingerprint density at radius 1 is 1.28 bits per heavy atom. The molecule has 94 valence electrons. The third kappa shape index (κ3) is 3.71. The van der Waals surface area contributed by atoms with Crippen molar-refractivity contribution < 1.29 is 9.32 Å². The summed E-state index contributed by atoms with van der Waals surface area (Å²) in [5.74, 6) is -0.0812. The van der Waals surface area contributed by atoms with Crippen molar-refractivity contribution in [3.05, 3.63) is 47.9 Å². The molecule has 5 heteroatoms. The van der Waals surface area contributed by atoms with E-state index in [0.29, 0.717) is 6.54 Å². The minimum absolute atomic E-state index is 0.0812. The molecule has 1 aromatic heterocycles. The van der Waals surface area contributed by atoms with E-state index in [0.717, 1.165) is 16.9 Å². The number of carbonyl (C=O) groups excluding carboxylic acids is 1. The number of aromatic nitrogens is 1. The summed E-state index contributed by atoms with van der Waals surface area (Å²) in [6, 6.07) is 9.43. The van der Waals surface area contributed by atoms with Crippen LogP contribution >= 0.6 is 0 Å². The van der Waals surface area contributed by atoms with Crippen LogP contribution in [0.2, 0.25) is 0 Å². The molecule has 0 atom stereocenters. The molecule has 1 aromatic carbocycles. The lowest BCUT2D eigenvalue weighted by Crippen LogP contribution is -2.27. The number of anilines is 1. The Hall–Kier alpha value is -2.14. The fourth-order valence-corrected chi connectivity index (χ4v) is 1.47. The van der Waals surface area contributed by atoms with Gasteiger partial charge in [0.05, 0.1) is 12.2 Å². The quantitative estimate of drug-likeness (QED) is 0.841. The van der Waals surface area contributed by atoms with E-state index in [2.05, 4.69) is 20.3 Å². The number of hydrogen-bond acceptors (Lipinski definition) is 4. The summed E-state index contributed by atoms with van der Waals surface area (Å²) in [5, 5.41) is 9.53. The van der Waals surface area contributed by atoms with Crippen molar-refractivity contribution in [3.63, 3.8) is 0 Å². The van der Waals surface area contributed by atoms with Gasteiger partial charge in [0.25, 0.3) is 0 Å². The molecule has 0 unspecified atom stereocenters. The Morgan fingerprint density at radius 2 is 2.06 bits per heavy atom. The lowest BCUT2D eigenvalue weighted by molar-refractivity contribution is -0.115. The maximum atomic E-state index is 11.6. The molecule has 2 rings (SSSR count). The second-order valence-electron chi connectivity index (χ2n) is 4.01. The number of benzene rings is 1. The Kier molecular flexibility index (Phi) is 4.09. The fraction of sp³-hybridized carbons (Fsp3) is 0.231. The minimum atomic E-state index is -0.0812. The molecule has 2 N–H and O–H groups in total. The molecule has 5 nitrogen and oxygen atoms in total. The first-order valence-electron chi connectivity index (χ1n) is 5.70. The van der Waals surface area contributed by atoms with Crippen LogP contribution in [0.15, 0.2) is 41.1 Å². The first kappa shape index (κ1) is 12.3. The maximum Gasteiger partial charge on any atom is 0.238 e. The number of aryl methyl sites for hydroxylation is 1. The highest BCUT2D eigenvalue weighted by Gasteiger charge is 2.02. The van der Waals surface area contributed by atoms with Gasteiger partial charge < -0.3 is 15.2 Å². The molecule has 0 fully saturated rings. The molecule has 0 saturated carbocycles. The van der Waals surface area contributed by atoms with Gasteiger partial charge >= 0.3 is 0 Å². The monoisotopic (exact) mass is 245 g/mol. The second-order valence-corrected chi connectivity index (χ2v) is 4.01. The third-order valence-electron chi connectivity index (χ3n) is 2.42. The van der Waals surface area contributed by atoms with Crippen molar-refractivity contribution >= 4 is 11.6 Å². The molecule has 0 saturated heterocycles. The molecule has 0 bridgehead atoms. The van der Waals surface area contributed by atoms with Crippen LogP contribution in [0.3, 0.4) is 0 Å². The number of rotatable bonds is 5. The Bertz CT molecular complexity index is 491. The topological polar surface area (TPSA) is 67.2 Å². The molecule has 0 radical (unpaired) electrons. The molecular formula is C13H15N3O2. The number of hydrogen-bond donors (Lipinski definition) is 2. The summed E-state index contributed by atoms with van der Waals surface area (Å²) in [6.07, 6.45) is 1.50. The van der Waals surface area contributed by atoms with Crippen molar-refractivity contribution in [1.82, 2.24) is 10.5 Å². The van der Waals surface area contributed by atoms with E-state index in [1.54, 1.807) is 6.07 Å². The highest BCUT2D eigenvalue weighted by molar-refractivity contribution is 5.92. The van der Waals surface area contributed by atoms with Gasteiger partial charge in [-0.2, -0.15) is 0 Å². The van der Waals surface area contributed by atoms with Crippen LogP contribution in [0.1, 0.15) is 11.3 Å². The predicted molar refractivity (Wildman–Crippen MR) is 68.0 cm³/mol. The lowest BCUT2D eigenvalue weighted by Gasteiger charge is -2.05. The van der Waals surface area contributed by atoms with Gasteiger partial charge in [-0.15, -0.1) is 0 Å². The van der Waals surface area contributed by atoms with Gasteiger partial charge in [-0.25, -0.2) is 0 Å². The maximum absolute atomic E-state index is 11.6. The Morgan fingerprint density at radius 3 is 2.72 bits per heavy atom. The molecule has 1 heterocycles. The van der Waals surface area contributed by atoms with Crippen LogP contribution in [0.4, 0.5) is 5.69 Å². The molecule has 2 aromatic rings. The zero-order valence-corrected chi connectivity index (χ0v) is 10.1. The normalized spacial score (nSPS) is 10.3. The number of amides is 1. The zero-order chi connectivity index (χ0) is 12.8. The SMILES string of the molecule is Cc1ccc(NC(=O)CNCc2ccon2)cc1. The van der Waals surface area contributed by atoms with Crippen molar-refractivity contribution in [1.29, 1.82) is 0 Å². The smallest absolute Gasteiger partial charge is 0.238 e. The van der Waals surface area contributed by atoms with E-state index in [4.69, 9.17) is 0 Å². The summed E-state index contributed by atoms with van der Waals surface area (Å²) < 4.78 is 4.69. The van der Waals surface area contributed by atoms with Crippen LogP contribution in [-0.4, -0.2) is 17.6 Å². The fourth-order valence-electron chi connectivity index (χ4n) is 1.47. The average Bonchev–Trinajstić information content (AvgIpc) is 2.85. The van der Waals surface area contributed by atoms with Gasteiger partial charge in [-0.3, -0.25) is 4.79 Å². The van der Waals surface area contributed by atoms with Crippen LogP contribution in [0.25, 0.3) is 0 Å². The van der Waals surface area contributed by atoms with Crippen LogP contribution in [-0.2, 0) is 11.3 Å². The average molecular weight is 245 g/mol. The van der Waals surface area contributed by atoms with Gasteiger partial charge in [-0.05, 0) is 19.1 Å². The molecular weight excluding hydrogens is 230 g/mol. The van der Waals surface area contributed by atoms with E-state index >= 15 is 0 Å². The van der Waals surface area contributed by atoms with Crippen molar-refractivity contribution in [2.45, 2.75) is 13.5 Å². The van der Waals surface area contributed by atoms with E-state index in [9.17, 15) is 4.79 Å². The Labute approximate surface area is 105 Å². The number of nitrogens with zero attached hydrogens (tertiary/aromatic N) is 1. The first-order chi connectivity index (χ1) is 8.74. The molecule has 0 aliphatic heterocycles. The second kappa shape index (κ2) is 5.97. The summed E-state index contributed by atoms with van der Waals surface area (Å²) >= 11 is 0. The summed E-state index contributed by atoms with van der Waals surface area (Å²) in [7, 11) is 0. The van der Waals surface area contributed by atoms with Gasteiger partial charge in [-0.1, -0.05) is 22.9 Å². The molecule has 0 aliphatic carbocycles. The molecule has 18 heavy (non-hydrogen) atoms. The summed E-state index contributed by atoms with van der Waals surface area (Å²) in [4.78, 5) is 11.6. The van der Waals surface area contributed by atoms with Crippen LogP contribution in [0.5, 0.6) is 0 Å². The van der Waals surface area contributed by atoms with Gasteiger partial charge in [0.15, 0.2) is 0 Å². The third-order valence-corrected chi connectivity index (χ3v) is 2.42. The first-order valence-corrected chi connectivity index (χ1v) is 5.70. The molecule has 1 amide bonds. The van der Waals surface area contributed by atoms with E-state index < -0.39 is 0 Å².